The largest absolute Gasteiger partial charge is 0.481 e. The second-order valence-corrected chi connectivity index (χ2v) is 4.96. The number of hydrogen-bond donors (Lipinski definition) is 3. The van der Waals surface area contributed by atoms with Crippen molar-refractivity contribution in [2.24, 2.45) is 11.7 Å². The summed E-state index contributed by atoms with van der Waals surface area (Å²) in [5.74, 6) is -0.763. The lowest BCUT2D eigenvalue weighted by Gasteiger charge is -2.34. The summed E-state index contributed by atoms with van der Waals surface area (Å²) in [4.78, 5) is 35.0. The number of carboxylic acid groups (broad SMARTS) is 1. The lowest BCUT2D eigenvalue weighted by molar-refractivity contribution is -0.137. The van der Waals surface area contributed by atoms with Crippen LogP contribution in [0, 0.1) is 5.92 Å². The number of nitrogens with zero attached hydrogens (tertiary/aromatic N) is 1. The van der Waals surface area contributed by atoms with E-state index < -0.39 is 18.0 Å². The number of carbonyl (C=O) groups excluding carboxylic acids is 2. The van der Waals surface area contributed by atoms with Crippen LogP contribution >= 0.6 is 0 Å². The van der Waals surface area contributed by atoms with E-state index in [2.05, 4.69) is 5.32 Å². The number of amides is 3. The molecule has 0 aromatic heterocycles. The number of rotatable bonds is 5. The molecule has 0 aromatic carbocycles. The summed E-state index contributed by atoms with van der Waals surface area (Å²) in [6, 6.07) is -1.36. The van der Waals surface area contributed by atoms with Gasteiger partial charge < -0.3 is 21.1 Å². The predicted molar refractivity (Wildman–Crippen MR) is 68.4 cm³/mol. The summed E-state index contributed by atoms with van der Waals surface area (Å²) in [7, 11) is 0. The van der Waals surface area contributed by atoms with Crippen molar-refractivity contribution < 1.29 is 19.5 Å². The zero-order valence-electron chi connectivity index (χ0n) is 11.1. The highest BCUT2D eigenvalue weighted by Crippen LogP contribution is 2.21. The van der Waals surface area contributed by atoms with Crippen LogP contribution in [0.3, 0.4) is 0 Å². The molecule has 1 saturated heterocycles. The van der Waals surface area contributed by atoms with E-state index in [1.165, 1.54) is 0 Å². The molecule has 1 aliphatic heterocycles. The fraction of sp³-hybridized carbons (Fsp3) is 0.750. The molecule has 1 rings (SSSR count). The Morgan fingerprint density at radius 1 is 1.47 bits per heavy atom. The summed E-state index contributed by atoms with van der Waals surface area (Å²) in [5.41, 5.74) is 4.98. The van der Waals surface area contributed by atoms with Crippen LogP contribution in [0.15, 0.2) is 0 Å². The van der Waals surface area contributed by atoms with Crippen molar-refractivity contribution >= 4 is 17.9 Å². The van der Waals surface area contributed by atoms with Gasteiger partial charge in [0, 0.05) is 19.5 Å². The van der Waals surface area contributed by atoms with E-state index in [1.807, 2.05) is 0 Å². The van der Waals surface area contributed by atoms with Crippen molar-refractivity contribution in [2.45, 2.75) is 38.6 Å². The fourth-order valence-corrected chi connectivity index (χ4v) is 2.38. The summed E-state index contributed by atoms with van der Waals surface area (Å²) < 4.78 is 0. The minimum Gasteiger partial charge on any atom is -0.481 e. The molecule has 0 spiro atoms. The molecule has 7 heteroatoms. The van der Waals surface area contributed by atoms with Crippen molar-refractivity contribution in [3.63, 3.8) is 0 Å². The monoisotopic (exact) mass is 271 g/mol. The average molecular weight is 271 g/mol. The first-order chi connectivity index (χ1) is 8.90. The first-order valence-electron chi connectivity index (χ1n) is 6.46. The minimum atomic E-state index is -0.813. The quantitative estimate of drug-likeness (QED) is 0.660. The molecule has 1 heterocycles. The number of likely N-dealkylation sites (tertiary alicyclic amines) is 1. The van der Waals surface area contributed by atoms with Gasteiger partial charge in [0.25, 0.3) is 0 Å². The standard InChI is InChI=1S/C12H21N3O4/c1-8(14-12(13)19)11(18)15-6-2-3-9(7-15)4-5-10(16)17/h8-9H,2-7H2,1H3,(H,16,17)(H3,13,14,19). The molecule has 0 aliphatic carbocycles. The molecule has 19 heavy (non-hydrogen) atoms. The Morgan fingerprint density at radius 2 is 2.16 bits per heavy atom. The van der Waals surface area contributed by atoms with Gasteiger partial charge in [-0.3, -0.25) is 9.59 Å². The summed E-state index contributed by atoms with van der Waals surface area (Å²) in [6.45, 7) is 2.79. The van der Waals surface area contributed by atoms with E-state index >= 15 is 0 Å². The van der Waals surface area contributed by atoms with Crippen molar-refractivity contribution in [1.82, 2.24) is 10.2 Å². The molecule has 7 nitrogen and oxygen atoms in total. The molecule has 0 radical (unpaired) electrons. The second-order valence-electron chi connectivity index (χ2n) is 4.96. The Bertz CT molecular complexity index is 359. The van der Waals surface area contributed by atoms with Crippen LogP contribution in [0.5, 0.6) is 0 Å². The third-order valence-corrected chi connectivity index (χ3v) is 3.33. The fourth-order valence-electron chi connectivity index (χ4n) is 2.38. The van der Waals surface area contributed by atoms with E-state index in [4.69, 9.17) is 10.8 Å². The summed E-state index contributed by atoms with van der Waals surface area (Å²) >= 11 is 0. The molecule has 0 bridgehead atoms. The van der Waals surface area contributed by atoms with Gasteiger partial charge >= 0.3 is 12.0 Å². The van der Waals surface area contributed by atoms with Crippen LogP contribution in [0.1, 0.15) is 32.6 Å². The van der Waals surface area contributed by atoms with Gasteiger partial charge in [0.05, 0.1) is 0 Å². The molecule has 2 atom stereocenters. The van der Waals surface area contributed by atoms with Crippen LogP contribution in [-0.2, 0) is 9.59 Å². The van der Waals surface area contributed by atoms with Crippen molar-refractivity contribution in [3.05, 3.63) is 0 Å². The highest BCUT2D eigenvalue weighted by molar-refractivity contribution is 5.86. The number of primary amides is 1. The Labute approximate surface area is 112 Å². The second kappa shape index (κ2) is 6.96. The Morgan fingerprint density at radius 3 is 2.74 bits per heavy atom. The Kier molecular flexibility index (Phi) is 5.59. The molecule has 4 N–H and O–H groups in total. The Balaban J connectivity index is 2.47. The lowest BCUT2D eigenvalue weighted by atomic mass is 9.93. The highest BCUT2D eigenvalue weighted by atomic mass is 16.4. The molecule has 0 aromatic rings. The maximum absolute atomic E-state index is 12.1. The van der Waals surface area contributed by atoms with Crippen molar-refractivity contribution in [3.8, 4) is 0 Å². The average Bonchev–Trinajstić information content (AvgIpc) is 2.35. The molecule has 1 fully saturated rings. The van der Waals surface area contributed by atoms with Gasteiger partial charge in [0.15, 0.2) is 0 Å². The number of urea groups is 1. The maximum atomic E-state index is 12.1. The molecule has 3 amide bonds. The summed E-state index contributed by atoms with van der Waals surface area (Å²) in [6.07, 6.45) is 2.51. The number of piperidine rings is 1. The topological polar surface area (TPSA) is 113 Å². The van der Waals surface area contributed by atoms with Gasteiger partial charge in [-0.25, -0.2) is 4.79 Å². The lowest BCUT2D eigenvalue weighted by Crippen LogP contribution is -2.51. The van der Waals surface area contributed by atoms with Crippen LogP contribution in [0.4, 0.5) is 4.79 Å². The van der Waals surface area contributed by atoms with Gasteiger partial charge in [0.1, 0.15) is 6.04 Å². The normalized spacial score (nSPS) is 20.7. The number of nitrogens with one attached hydrogen (secondary N) is 1. The number of carbonyl (C=O) groups is 3. The van der Waals surface area contributed by atoms with E-state index in [1.54, 1.807) is 11.8 Å². The first kappa shape index (κ1) is 15.3. The first-order valence-corrected chi connectivity index (χ1v) is 6.46. The maximum Gasteiger partial charge on any atom is 0.312 e. The van der Waals surface area contributed by atoms with Gasteiger partial charge in [-0.2, -0.15) is 0 Å². The predicted octanol–water partition coefficient (Wildman–Crippen LogP) is 0.147. The molecule has 0 saturated carbocycles. The summed E-state index contributed by atoms with van der Waals surface area (Å²) in [5, 5.41) is 11.0. The zero-order valence-corrected chi connectivity index (χ0v) is 11.1. The molecule has 1 aliphatic rings. The minimum absolute atomic E-state index is 0.127. The number of nitrogens with two attached hydrogens (primary N) is 1. The molecule has 2 unspecified atom stereocenters. The van der Waals surface area contributed by atoms with Crippen LogP contribution in [-0.4, -0.2) is 47.0 Å². The van der Waals surface area contributed by atoms with E-state index in [0.717, 1.165) is 12.8 Å². The number of carboxylic acids is 1. The molecular formula is C12H21N3O4. The van der Waals surface area contributed by atoms with Gasteiger partial charge in [0.2, 0.25) is 5.91 Å². The van der Waals surface area contributed by atoms with Gasteiger partial charge in [-0.15, -0.1) is 0 Å². The van der Waals surface area contributed by atoms with Gasteiger partial charge in [-0.1, -0.05) is 0 Å². The number of aliphatic carboxylic acids is 1. The highest BCUT2D eigenvalue weighted by Gasteiger charge is 2.27. The Hall–Kier alpha value is -1.79. The van der Waals surface area contributed by atoms with Crippen LogP contribution < -0.4 is 11.1 Å². The van der Waals surface area contributed by atoms with E-state index in [-0.39, 0.29) is 18.2 Å². The smallest absolute Gasteiger partial charge is 0.312 e. The van der Waals surface area contributed by atoms with E-state index in [0.29, 0.717) is 19.5 Å². The third-order valence-electron chi connectivity index (χ3n) is 3.33. The van der Waals surface area contributed by atoms with Crippen LogP contribution in [0.25, 0.3) is 0 Å². The van der Waals surface area contributed by atoms with Gasteiger partial charge in [-0.05, 0) is 32.1 Å². The number of hydrogen-bond acceptors (Lipinski definition) is 3. The van der Waals surface area contributed by atoms with Crippen molar-refractivity contribution in [2.75, 3.05) is 13.1 Å². The zero-order chi connectivity index (χ0) is 14.4. The van der Waals surface area contributed by atoms with E-state index in [9.17, 15) is 14.4 Å². The molecular weight excluding hydrogens is 250 g/mol. The third kappa shape index (κ3) is 5.15. The molecule has 108 valence electrons. The SMILES string of the molecule is CC(NC(N)=O)C(=O)N1CCCC(CCC(=O)O)C1. The van der Waals surface area contributed by atoms with Crippen molar-refractivity contribution in [1.29, 1.82) is 0 Å². The van der Waals surface area contributed by atoms with Crippen LogP contribution in [0.2, 0.25) is 0 Å².